The molecule has 0 aliphatic rings. The van der Waals surface area contributed by atoms with E-state index in [0.29, 0.717) is 5.56 Å². The molecule has 3 heteroatoms. The molecule has 1 nitrogen and oxygen atoms in total. The Labute approximate surface area is 83.1 Å². The van der Waals surface area contributed by atoms with E-state index in [9.17, 15) is 8.78 Å². The van der Waals surface area contributed by atoms with Crippen molar-refractivity contribution in [1.29, 1.82) is 0 Å². The fraction of sp³-hybridized carbons (Fsp3) is 0.455. The van der Waals surface area contributed by atoms with E-state index in [1.807, 2.05) is 20.8 Å². The highest BCUT2D eigenvalue weighted by atomic mass is 19.1. The second kappa shape index (κ2) is 4.51. The van der Waals surface area contributed by atoms with Gasteiger partial charge >= 0.3 is 0 Å². The van der Waals surface area contributed by atoms with Crippen LogP contribution in [0.5, 0.6) is 0 Å². The molecule has 0 aliphatic heterocycles. The lowest BCUT2D eigenvalue weighted by Gasteiger charge is -2.17. The molecule has 1 aromatic rings. The maximum atomic E-state index is 13.3. The summed E-state index contributed by atoms with van der Waals surface area (Å²) in [6, 6.07) is 3.83. The molecule has 1 rings (SSSR count). The molecule has 0 unspecified atom stereocenters. The van der Waals surface area contributed by atoms with Crippen molar-refractivity contribution in [3.8, 4) is 0 Å². The van der Waals surface area contributed by atoms with Gasteiger partial charge in [-0.05, 0) is 13.0 Å². The maximum absolute atomic E-state index is 13.3. The maximum Gasteiger partial charge on any atom is 0.130 e. The predicted molar refractivity (Wildman–Crippen MR) is 53.0 cm³/mol. The molecule has 14 heavy (non-hydrogen) atoms. The van der Waals surface area contributed by atoms with Gasteiger partial charge in [-0.2, -0.15) is 0 Å². The summed E-state index contributed by atoms with van der Waals surface area (Å²) in [6.07, 6.45) is 0. The lowest BCUT2D eigenvalue weighted by molar-refractivity contribution is 0.479. The van der Waals surface area contributed by atoms with E-state index in [-0.39, 0.29) is 12.1 Å². The molecule has 0 spiro atoms. The molecule has 0 radical (unpaired) electrons. The molecule has 1 aromatic carbocycles. The van der Waals surface area contributed by atoms with Crippen molar-refractivity contribution in [3.63, 3.8) is 0 Å². The second-order valence-electron chi connectivity index (χ2n) is 3.71. The van der Waals surface area contributed by atoms with Crippen molar-refractivity contribution in [3.05, 3.63) is 35.4 Å². The van der Waals surface area contributed by atoms with E-state index in [0.717, 1.165) is 6.07 Å². The molecule has 0 aliphatic carbocycles. The number of rotatable bonds is 3. The Balaban J connectivity index is 2.84. The van der Waals surface area contributed by atoms with Gasteiger partial charge < -0.3 is 5.32 Å². The van der Waals surface area contributed by atoms with E-state index in [4.69, 9.17) is 0 Å². The average molecular weight is 199 g/mol. The summed E-state index contributed by atoms with van der Waals surface area (Å²) in [5.74, 6) is -1.03. The van der Waals surface area contributed by atoms with Gasteiger partial charge in [-0.15, -0.1) is 0 Å². The fourth-order valence-corrected chi connectivity index (χ4v) is 1.44. The first-order chi connectivity index (χ1) is 6.50. The summed E-state index contributed by atoms with van der Waals surface area (Å²) in [4.78, 5) is 0. The topological polar surface area (TPSA) is 12.0 Å². The molecular formula is C11H15F2N. The Morgan fingerprint density at radius 3 is 2.29 bits per heavy atom. The molecule has 0 bridgehead atoms. The first-order valence-corrected chi connectivity index (χ1v) is 4.71. The minimum atomic E-state index is -0.539. The van der Waals surface area contributed by atoms with Crippen LogP contribution in [-0.2, 0) is 0 Å². The lowest BCUT2D eigenvalue weighted by Crippen LogP contribution is -2.26. The predicted octanol–water partition coefficient (Wildman–Crippen LogP) is 3.02. The number of benzene rings is 1. The van der Waals surface area contributed by atoms with Crippen LogP contribution in [0.25, 0.3) is 0 Å². The zero-order valence-electron chi connectivity index (χ0n) is 8.64. The van der Waals surface area contributed by atoms with E-state index >= 15 is 0 Å². The summed E-state index contributed by atoms with van der Waals surface area (Å²) in [5.41, 5.74) is 0.500. The molecule has 1 atom stereocenters. The third-order valence-electron chi connectivity index (χ3n) is 2.01. The summed E-state index contributed by atoms with van der Waals surface area (Å²) in [6.45, 7) is 5.83. The minimum Gasteiger partial charge on any atom is -0.308 e. The van der Waals surface area contributed by atoms with Gasteiger partial charge in [-0.25, -0.2) is 8.78 Å². The van der Waals surface area contributed by atoms with Crippen molar-refractivity contribution >= 4 is 0 Å². The molecule has 0 fully saturated rings. The van der Waals surface area contributed by atoms with E-state index in [2.05, 4.69) is 5.32 Å². The zero-order chi connectivity index (χ0) is 10.7. The monoisotopic (exact) mass is 199 g/mol. The molecule has 0 saturated heterocycles. The van der Waals surface area contributed by atoms with Crippen molar-refractivity contribution < 1.29 is 8.78 Å². The fourth-order valence-electron chi connectivity index (χ4n) is 1.44. The molecule has 78 valence electrons. The Morgan fingerprint density at radius 1 is 1.14 bits per heavy atom. The molecule has 1 N–H and O–H groups in total. The number of nitrogens with one attached hydrogen (secondary N) is 1. The highest BCUT2D eigenvalue weighted by Gasteiger charge is 2.11. The van der Waals surface area contributed by atoms with Crippen molar-refractivity contribution in [2.24, 2.45) is 0 Å². The molecular weight excluding hydrogens is 184 g/mol. The molecule has 0 heterocycles. The van der Waals surface area contributed by atoms with Gasteiger partial charge in [0.05, 0.1) is 0 Å². The van der Waals surface area contributed by atoms with E-state index in [1.165, 1.54) is 12.1 Å². The van der Waals surface area contributed by atoms with Gasteiger partial charge in [0.25, 0.3) is 0 Å². The van der Waals surface area contributed by atoms with Gasteiger partial charge in [0.1, 0.15) is 11.6 Å². The highest BCUT2D eigenvalue weighted by Crippen LogP contribution is 2.17. The van der Waals surface area contributed by atoms with Crippen LogP contribution in [0.3, 0.4) is 0 Å². The third-order valence-corrected chi connectivity index (χ3v) is 2.01. The molecule has 0 aromatic heterocycles. The van der Waals surface area contributed by atoms with Gasteiger partial charge in [-0.1, -0.05) is 19.9 Å². The van der Waals surface area contributed by atoms with Crippen LogP contribution in [0.1, 0.15) is 32.4 Å². The lowest BCUT2D eigenvalue weighted by atomic mass is 10.1. The van der Waals surface area contributed by atoms with Crippen LogP contribution in [0.4, 0.5) is 8.78 Å². The Hall–Kier alpha value is -0.960. The van der Waals surface area contributed by atoms with Gasteiger partial charge in [0.15, 0.2) is 0 Å². The number of hydrogen-bond acceptors (Lipinski definition) is 1. The minimum absolute atomic E-state index is 0.101. The zero-order valence-corrected chi connectivity index (χ0v) is 8.64. The Morgan fingerprint density at radius 2 is 1.79 bits per heavy atom. The van der Waals surface area contributed by atoms with Gasteiger partial charge in [-0.3, -0.25) is 0 Å². The number of hydrogen-bond donors (Lipinski definition) is 1. The SMILES string of the molecule is CC(C)N[C@H](C)c1ccc(F)cc1F. The van der Waals surface area contributed by atoms with Gasteiger partial charge in [0.2, 0.25) is 0 Å². The summed E-state index contributed by atoms with van der Waals surface area (Å²) in [5, 5.41) is 3.16. The van der Waals surface area contributed by atoms with Crippen LogP contribution in [0.2, 0.25) is 0 Å². The standard InChI is InChI=1S/C11H15F2N/c1-7(2)14-8(3)10-5-4-9(12)6-11(10)13/h4-8,14H,1-3H3/t8-/m1/s1. The van der Waals surface area contributed by atoms with Crippen LogP contribution >= 0.6 is 0 Å². The Bertz CT molecular complexity index is 310. The normalized spacial score (nSPS) is 13.3. The van der Waals surface area contributed by atoms with Crippen molar-refractivity contribution in [2.75, 3.05) is 0 Å². The van der Waals surface area contributed by atoms with Crippen LogP contribution in [0.15, 0.2) is 18.2 Å². The first kappa shape index (κ1) is 11.1. The number of halogens is 2. The van der Waals surface area contributed by atoms with Gasteiger partial charge in [0, 0.05) is 23.7 Å². The van der Waals surface area contributed by atoms with E-state index in [1.54, 1.807) is 0 Å². The molecule has 0 amide bonds. The summed E-state index contributed by atoms with van der Waals surface area (Å²) >= 11 is 0. The summed E-state index contributed by atoms with van der Waals surface area (Å²) in [7, 11) is 0. The highest BCUT2D eigenvalue weighted by molar-refractivity contribution is 5.21. The average Bonchev–Trinajstić information content (AvgIpc) is 2.01. The van der Waals surface area contributed by atoms with Crippen molar-refractivity contribution in [2.45, 2.75) is 32.9 Å². The van der Waals surface area contributed by atoms with Crippen LogP contribution < -0.4 is 5.32 Å². The smallest absolute Gasteiger partial charge is 0.130 e. The Kier molecular flexibility index (Phi) is 3.58. The summed E-state index contributed by atoms with van der Waals surface area (Å²) < 4.78 is 25.9. The largest absolute Gasteiger partial charge is 0.308 e. The van der Waals surface area contributed by atoms with Crippen LogP contribution in [-0.4, -0.2) is 6.04 Å². The van der Waals surface area contributed by atoms with Crippen molar-refractivity contribution in [1.82, 2.24) is 5.32 Å². The van der Waals surface area contributed by atoms with E-state index < -0.39 is 11.6 Å². The molecule has 0 saturated carbocycles. The first-order valence-electron chi connectivity index (χ1n) is 4.71. The van der Waals surface area contributed by atoms with Crippen LogP contribution in [0, 0.1) is 11.6 Å². The quantitative estimate of drug-likeness (QED) is 0.789. The second-order valence-corrected chi connectivity index (χ2v) is 3.71. The third kappa shape index (κ3) is 2.77.